The molecule has 0 unspecified atom stereocenters. The Balaban J connectivity index is 1.41. The Kier molecular flexibility index (Phi) is 5.60. The van der Waals surface area contributed by atoms with Crippen LogP contribution in [-0.4, -0.2) is 24.0 Å². The SMILES string of the molecule is CCOc1ccc(/C=C2\Oc3c4c(cc(C)c3C2=O)OCN(Cc2ccc(F)cc2)C4)cc1. The number of hydrogen-bond acceptors (Lipinski definition) is 5. The molecular formula is C27H24FNO4. The Morgan fingerprint density at radius 2 is 1.88 bits per heavy atom. The highest BCUT2D eigenvalue weighted by Gasteiger charge is 2.35. The van der Waals surface area contributed by atoms with Gasteiger partial charge in [-0.05, 0) is 66.9 Å². The number of carbonyl (C=O) groups excluding carboxylic acids is 1. The molecule has 0 atom stereocenters. The molecule has 0 aromatic heterocycles. The minimum atomic E-state index is -0.258. The summed E-state index contributed by atoms with van der Waals surface area (Å²) in [4.78, 5) is 15.3. The quantitative estimate of drug-likeness (QED) is 0.485. The molecule has 0 saturated carbocycles. The van der Waals surface area contributed by atoms with Gasteiger partial charge in [-0.3, -0.25) is 9.69 Å². The van der Waals surface area contributed by atoms with E-state index in [0.717, 1.165) is 33.8 Å². The number of benzene rings is 3. The number of ether oxygens (including phenoxy) is 3. The molecule has 2 heterocycles. The van der Waals surface area contributed by atoms with Gasteiger partial charge < -0.3 is 14.2 Å². The molecule has 5 rings (SSSR count). The maximum atomic E-state index is 13.2. The van der Waals surface area contributed by atoms with E-state index in [1.54, 1.807) is 18.2 Å². The molecule has 0 radical (unpaired) electrons. The largest absolute Gasteiger partial charge is 0.494 e. The van der Waals surface area contributed by atoms with Crippen molar-refractivity contribution in [2.24, 2.45) is 0 Å². The van der Waals surface area contributed by atoms with E-state index in [1.165, 1.54) is 12.1 Å². The van der Waals surface area contributed by atoms with Gasteiger partial charge in [0.1, 0.15) is 29.8 Å². The number of nitrogens with zero attached hydrogens (tertiary/aromatic N) is 1. The molecule has 168 valence electrons. The second-order valence-electron chi connectivity index (χ2n) is 8.20. The Morgan fingerprint density at radius 1 is 1.12 bits per heavy atom. The lowest BCUT2D eigenvalue weighted by molar-refractivity contribution is 0.0872. The summed E-state index contributed by atoms with van der Waals surface area (Å²) in [6.07, 6.45) is 1.75. The van der Waals surface area contributed by atoms with Crippen LogP contribution in [0.5, 0.6) is 17.2 Å². The zero-order chi connectivity index (χ0) is 22.9. The number of halogens is 1. The molecule has 6 heteroatoms. The lowest BCUT2D eigenvalue weighted by Gasteiger charge is -2.30. The van der Waals surface area contributed by atoms with E-state index in [9.17, 15) is 9.18 Å². The van der Waals surface area contributed by atoms with E-state index in [-0.39, 0.29) is 11.6 Å². The van der Waals surface area contributed by atoms with Gasteiger partial charge >= 0.3 is 0 Å². The summed E-state index contributed by atoms with van der Waals surface area (Å²) in [7, 11) is 0. The van der Waals surface area contributed by atoms with Crippen LogP contribution in [0.4, 0.5) is 4.39 Å². The van der Waals surface area contributed by atoms with E-state index in [1.807, 2.05) is 44.2 Å². The van der Waals surface area contributed by atoms with Crippen molar-refractivity contribution in [3.8, 4) is 17.2 Å². The topological polar surface area (TPSA) is 48.0 Å². The van der Waals surface area contributed by atoms with Crippen LogP contribution in [0, 0.1) is 12.7 Å². The summed E-state index contributed by atoms with van der Waals surface area (Å²) in [6, 6.07) is 15.9. The van der Waals surface area contributed by atoms with Crippen molar-refractivity contribution in [2.45, 2.75) is 26.9 Å². The zero-order valence-corrected chi connectivity index (χ0v) is 18.6. The Bertz CT molecular complexity index is 1230. The van der Waals surface area contributed by atoms with E-state index in [4.69, 9.17) is 14.2 Å². The molecular weight excluding hydrogens is 421 g/mol. The van der Waals surface area contributed by atoms with Gasteiger partial charge in [0.25, 0.3) is 0 Å². The fourth-order valence-corrected chi connectivity index (χ4v) is 4.20. The maximum Gasteiger partial charge on any atom is 0.232 e. The first-order valence-electron chi connectivity index (χ1n) is 10.9. The van der Waals surface area contributed by atoms with Crippen molar-refractivity contribution in [1.82, 2.24) is 4.90 Å². The van der Waals surface area contributed by atoms with Crippen molar-refractivity contribution in [3.05, 3.63) is 94.0 Å². The molecule has 0 aliphatic carbocycles. The lowest BCUT2D eigenvalue weighted by Crippen LogP contribution is -2.31. The molecule has 2 aliphatic heterocycles. The molecule has 0 fully saturated rings. The number of aryl methyl sites for hydroxylation is 1. The molecule has 0 N–H and O–H groups in total. The smallest absolute Gasteiger partial charge is 0.232 e. The number of ketones is 1. The summed E-state index contributed by atoms with van der Waals surface area (Å²) in [6.45, 7) is 6.01. The first-order valence-corrected chi connectivity index (χ1v) is 10.9. The Labute approximate surface area is 192 Å². The summed E-state index contributed by atoms with van der Waals surface area (Å²) in [5.74, 6) is 1.99. The molecule has 3 aromatic carbocycles. The molecule has 0 bridgehead atoms. The van der Waals surface area contributed by atoms with Crippen LogP contribution in [0.3, 0.4) is 0 Å². The van der Waals surface area contributed by atoms with E-state index >= 15 is 0 Å². The van der Waals surface area contributed by atoms with Crippen LogP contribution in [0.25, 0.3) is 6.08 Å². The van der Waals surface area contributed by atoms with Crippen LogP contribution < -0.4 is 14.2 Å². The molecule has 5 nitrogen and oxygen atoms in total. The Hall–Kier alpha value is -3.64. The average Bonchev–Trinajstić information content (AvgIpc) is 3.14. The predicted octanol–water partition coefficient (Wildman–Crippen LogP) is 5.50. The van der Waals surface area contributed by atoms with Crippen LogP contribution in [-0.2, 0) is 13.1 Å². The summed E-state index contributed by atoms with van der Waals surface area (Å²) < 4.78 is 30.8. The zero-order valence-electron chi connectivity index (χ0n) is 18.6. The highest BCUT2D eigenvalue weighted by atomic mass is 19.1. The standard InChI is InChI=1S/C27H24FNO4/c1-3-31-21-10-6-18(7-11-21)13-24-26(30)25-17(2)12-23-22(27(25)33-24)15-29(16-32-23)14-19-4-8-20(28)9-5-19/h4-13H,3,14-16H2,1-2H3/b24-13-. The number of allylic oxidation sites excluding steroid dienone is 1. The third kappa shape index (κ3) is 4.22. The van der Waals surface area contributed by atoms with Crippen molar-refractivity contribution in [3.63, 3.8) is 0 Å². The number of hydrogen-bond donors (Lipinski definition) is 0. The van der Waals surface area contributed by atoms with E-state index in [2.05, 4.69) is 4.90 Å². The van der Waals surface area contributed by atoms with Gasteiger partial charge in [-0.1, -0.05) is 24.3 Å². The van der Waals surface area contributed by atoms with Gasteiger partial charge in [-0.25, -0.2) is 4.39 Å². The minimum Gasteiger partial charge on any atom is -0.494 e. The third-order valence-electron chi connectivity index (χ3n) is 5.80. The Morgan fingerprint density at radius 3 is 2.61 bits per heavy atom. The fourth-order valence-electron chi connectivity index (χ4n) is 4.20. The van der Waals surface area contributed by atoms with Gasteiger partial charge in [0.05, 0.1) is 17.7 Å². The third-order valence-corrected chi connectivity index (χ3v) is 5.80. The monoisotopic (exact) mass is 445 g/mol. The molecule has 0 saturated heterocycles. The van der Waals surface area contributed by atoms with Gasteiger partial charge in [-0.2, -0.15) is 0 Å². The van der Waals surface area contributed by atoms with Gasteiger partial charge in [-0.15, -0.1) is 0 Å². The van der Waals surface area contributed by atoms with Crippen LogP contribution in [0.1, 0.15) is 39.5 Å². The molecule has 3 aromatic rings. The van der Waals surface area contributed by atoms with E-state index < -0.39 is 0 Å². The van der Waals surface area contributed by atoms with Crippen LogP contribution in [0.2, 0.25) is 0 Å². The first-order chi connectivity index (χ1) is 16.0. The number of rotatable bonds is 5. The van der Waals surface area contributed by atoms with Crippen LogP contribution in [0.15, 0.2) is 60.4 Å². The normalized spacial score (nSPS) is 16.2. The van der Waals surface area contributed by atoms with Gasteiger partial charge in [0, 0.05) is 13.1 Å². The lowest BCUT2D eigenvalue weighted by atomic mass is 9.98. The predicted molar refractivity (Wildman–Crippen MR) is 123 cm³/mol. The van der Waals surface area contributed by atoms with Crippen molar-refractivity contribution < 1.29 is 23.4 Å². The summed E-state index contributed by atoms with van der Waals surface area (Å²) in [5, 5.41) is 0. The van der Waals surface area contributed by atoms with Crippen molar-refractivity contribution >= 4 is 11.9 Å². The molecule has 33 heavy (non-hydrogen) atoms. The molecule has 2 aliphatic rings. The maximum absolute atomic E-state index is 13.2. The number of fused-ring (bicyclic) bond motifs is 3. The van der Waals surface area contributed by atoms with Crippen molar-refractivity contribution in [1.29, 1.82) is 0 Å². The van der Waals surface area contributed by atoms with Gasteiger partial charge in [0.2, 0.25) is 5.78 Å². The molecule has 0 amide bonds. The second-order valence-corrected chi connectivity index (χ2v) is 8.20. The second kappa shape index (κ2) is 8.71. The molecule has 0 spiro atoms. The highest BCUT2D eigenvalue weighted by molar-refractivity contribution is 6.15. The number of carbonyl (C=O) groups is 1. The average molecular weight is 445 g/mol. The number of Topliss-reactive ketones (excluding diaryl/α,β-unsaturated/α-hetero) is 1. The van der Waals surface area contributed by atoms with Gasteiger partial charge in [0.15, 0.2) is 5.76 Å². The van der Waals surface area contributed by atoms with Crippen LogP contribution >= 0.6 is 0 Å². The minimum absolute atomic E-state index is 0.130. The van der Waals surface area contributed by atoms with Crippen molar-refractivity contribution in [2.75, 3.05) is 13.3 Å². The highest BCUT2D eigenvalue weighted by Crippen LogP contribution is 2.44. The summed E-state index contributed by atoms with van der Waals surface area (Å²) >= 11 is 0. The first kappa shape index (κ1) is 21.2. The summed E-state index contributed by atoms with van der Waals surface area (Å²) in [5.41, 5.74) is 4.11. The van der Waals surface area contributed by atoms with E-state index in [0.29, 0.717) is 43.5 Å². The fraction of sp³-hybridized carbons (Fsp3) is 0.222.